The maximum Gasteiger partial charge on any atom is 0.333 e. The van der Waals surface area contributed by atoms with Gasteiger partial charge in [0.1, 0.15) is 0 Å². The fourth-order valence-electron chi connectivity index (χ4n) is 4.53. The van der Waals surface area contributed by atoms with Crippen molar-refractivity contribution in [2.75, 3.05) is 13.7 Å². The lowest BCUT2D eigenvalue weighted by molar-refractivity contribution is -0.183. The third-order valence-electron chi connectivity index (χ3n) is 6.19. The van der Waals surface area contributed by atoms with Crippen molar-refractivity contribution in [3.8, 4) is 0 Å². The first-order valence-electron chi connectivity index (χ1n) is 10.2. The third-order valence-corrected chi connectivity index (χ3v) is 6.19. The lowest BCUT2D eigenvalue weighted by atomic mass is 9.71. The van der Waals surface area contributed by atoms with Crippen LogP contribution >= 0.6 is 0 Å². The number of benzene rings is 3. The Bertz CT molecular complexity index is 1150. The second-order valence-corrected chi connectivity index (χ2v) is 7.96. The molecule has 0 unspecified atom stereocenters. The molecule has 4 rings (SSSR count). The monoisotopic (exact) mass is 415 g/mol. The zero-order chi connectivity index (χ0) is 22.2. The van der Waals surface area contributed by atoms with Crippen LogP contribution in [0.4, 0.5) is 0 Å². The average molecular weight is 415 g/mol. The molecule has 0 spiro atoms. The van der Waals surface area contributed by atoms with E-state index in [1.807, 2.05) is 55.5 Å². The minimum Gasteiger partial charge on any atom is -0.466 e. The molecule has 0 bridgehead atoms. The zero-order valence-electron chi connectivity index (χ0n) is 17.6. The van der Waals surface area contributed by atoms with E-state index in [4.69, 9.17) is 4.74 Å². The van der Waals surface area contributed by atoms with Crippen LogP contribution in [0.5, 0.6) is 0 Å². The molecule has 1 aliphatic heterocycles. The highest BCUT2D eigenvalue weighted by molar-refractivity contribution is 5.98. The molecule has 1 aliphatic rings. The molecule has 3 aromatic carbocycles. The summed E-state index contributed by atoms with van der Waals surface area (Å²) in [6.07, 6.45) is 0. The van der Waals surface area contributed by atoms with Gasteiger partial charge in [-0.1, -0.05) is 79.4 Å². The molecule has 0 aromatic heterocycles. The molecule has 0 saturated carbocycles. The van der Waals surface area contributed by atoms with E-state index < -0.39 is 23.4 Å². The van der Waals surface area contributed by atoms with Gasteiger partial charge in [-0.3, -0.25) is 4.79 Å². The quantitative estimate of drug-likeness (QED) is 0.376. The van der Waals surface area contributed by atoms with E-state index in [2.05, 4.69) is 6.58 Å². The van der Waals surface area contributed by atoms with Gasteiger partial charge in [-0.15, -0.1) is 0 Å². The fourth-order valence-corrected chi connectivity index (χ4v) is 4.53. The summed E-state index contributed by atoms with van der Waals surface area (Å²) in [6.45, 7) is 5.89. The van der Waals surface area contributed by atoms with E-state index in [0.717, 1.165) is 16.3 Å². The average Bonchev–Trinajstić information content (AvgIpc) is 2.81. The SMILES string of the molecule is C=C(C(=O)OC)[C@H](c1ccccc1)[C@@]1(O)CN([C@H](C)c2cccc3ccccc23)C1=O. The molecule has 158 valence electrons. The molecular weight excluding hydrogens is 390 g/mol. The van der Waals surface area contributed by atoms with Crippen molar-refractivity contribution in [3.05, 3.63) is 96.1 Å². The van der Waals surface area contributed by atoms with Gasteiger partial charge in [0.25, 0.3) is 5.91 Å². The van der Waals surface area contributed by atoms with Gasteiger partial charge in [0.2, 0.25) is 0 Å². The van der Waals surface area contributed by atoms with Gasteiger partial charge in [0.15, 0.2) is 5.60 Å². The highest BCUT2D eigenvalue weighted by Gasteiger charge is 2.59. The van der Waals surface area contributed by atoms with Crippen LogP contribution in [0.25, 0.3) is 10.8 Å². The first kappa shape index (κ1) is 20.8. The second kappa shape index (κ2) is 8.00. The topological polar surface area (TPSA) is 66.8 Å². The number of β-lactam (4-membered cyclic amide) rings is 1. The minimum atomic E-state index is -1.76. The smallest absolute Gasteiger partial charge is 0.333 e. The Morgan fingerprint density at radius 3 is 2.39 bits per heavy atom. The maximum absolute atomic E-state index is 13.3. The zero-order valence-corrected chi connectivity index (χ0v) is 17.6. The molecule has 0 radical (unpaired) electrons. The van der Waals surface area contributed by atoms with Crippen molar-refractivity contribution in [1.29, 1.82) is 0 Å². The van der Waals surface area contributed by atoms with Crippen molar-refractivity contribution in [2.45, 2.75) is 24.5 Å². The van der Waals surface area contributed by atoms with Crippen LogP contribution in [0.15, 0.2) is 84.9 Å². The normalized spacial score (nSPS) is 20.1. The maximum atomic E-state index is 13.3. The Morgan fingerprint density at radius 2 is 1.71 bits per heavy atom. The van der Waals surface area contributed by atoms with Crippen molar-refractivity contribution < 1.29 is 19.4 Å². The standard InChI is InChI=1S/C26H25NO4/c1-17(24(28)31-3)23(20-11-5-4-6-12-20)26(30)16-27(25(26)29)18(2)21-15-9-13-19-10-7-8-14-22(19)21/h4-15,18,23,30H,1,16H2,2-3H3/t18-,23-,26+/m1/s1. The van der Waals surface area contributed by atoms with Crippen LogP contribution < -0.4 is 0 Å². The summed E-state index contributed by atoms with van der Waals surface area (Å²) in [7, 11) is 1.26. The van der Waals surface area contributed by atoms with Gasteiger partial charge < -0.3 is 14.7 Å². The Balaban J connectivity index is 1.67. The van der Waals surface area contributed by atoms with Crippen LogP contribution in [0.3, 0.4) is 0 Å². The molecule has 5 nitrogen and oxygen atoms in total. The van der Waals surface area contributed by atoms with E-state index in [9.17, 15) is 14.7 Å². The molecule has 0 aliphatic carbocycles. The summed E-state index contributed by atoms with van der Waals surface area (Å²) in [5.74, 6) is -1.95. The number of hydrogen-bond donors (Lipinski definition) is 1. The molecule has 1 heterocycles. The van der Waals surface area contributed by atoms with Crippen LogP contribution in [0.2, 0.25) is 0 Å². The number of hydrogen-bond acceptors (Lipinski definition) is 4. The molecule has 1 N–H and O–H groups in total. The number of rotatable bonds is 6. The van der Waals surface area contributed by atoms with Crippen molar-refractivity contribution in [1.82, 2.24) is 4.90 Å². The largest absolute Gasteiger partial charge is 0.466 e. The molecule has 5 heteroatoms. The van der Waals surface area contributed by atoms with Gasteiger partial charge in [0.05, 0.1) is 25.6 Å². The van der Waals surface area contributed by atoms with E-state index >= 15 is 0 Å². The van der Waals surface area contributed by atoms with Gasteiger partial charge in [-0.2, -0.15) is 0 Å². The highest BCUT2D eigenvalue weighted by Crippen LogP contribution is 2.45. The number of nitrogens with zero attached hydrogens (tertiary/aromatic N) is 1. The van der Waals surface area contributed by atoms with E-state index in [1.165, 1.54) is 7.11 Å². The van der Waals surface area contributed by atoms with E-state index in [-0.39, 0.29) is 18.2 Å². The van der Waals surface area contributed by atoms with Crippen LogP contribution in [-0.4, -0.2) is 41.1 Å². The number of fused-ring (bicyclic) bond motifs is 1. The number of carbonyl (C=O) groups is 2. The van der Waals surface area contributed by atoms with Gasteiger partial charge in [-0.25, -0.2) is 4.79 Å². The van der Waals surface area contributed by atoms with E-state index in [1.54, 1.807) is 29.2 Å². The van der Waals surface area contributed by atoms with Gasteiger partial charge in [0, 0.05) is 5.57 Å². The molecular formula is C26H25NO4. The molecule has 31 heavy (non-hydrogen) atoms. The lowest BCUT2D eigenvalue weighted by Gasteiger charge is -2.52. The molecule has 1 fully saturated rings. The minimum absolute atomic E-state index is 0.0574. The number of ether oxygens (including phenoxy) is 1. The predicted octanol–water partition coefficient (Wildman–Crippen LogP) is 3.99. The number of likely N-dealkylation sites (tertiary alicyclic amines) is 1. The molecule has 1 amide bonds. The number of aliphatic hydroxyl groups is 1. The van der Waals surface area contributed by atoms with Crippen LogP contribution in [0, 0.1) is 0 Å². The van der Waals surface area contributed by atoms with E-state index in [0.29, 0.717) is 5.56 Å². The molecule has 1 saturated heterocycles. The summed E-state index contributed by atoms with van der Waals surface area (Å²) < 4.78 is 4.83. The first-order valence-corrected chi connectivity index (χ1v) is 10.2. The predicted molar refractivity (Wildman–Crippen MR) is 119 cm³/mol. The highest BCUT2D eigenvalue weighted by atomic mass is 16.5. The first-order chi connectivity index (χ1) is 14.9. The van der Waals surface area contributed by atoms with Crippen LogP contribution in [0.1, 0.15) is 30.0 Å². The lowest BCUT2D eigenvalue weighted by Crippen LogP contribution is -2.69. The number of carbonyl (C=O) groups excluding carboxylic acids is 2. The summed E-state index contributed by atoms with van der Waals surface area (Å²) in [4.78, 5) is 27.2. The molecule has 3 aromatic rings. The fraction of sp³-hybridized carbons (Fsp3) is 0.231. The summed E-state index contributed by atoms with van der Waals surface area (Å²) in [5.41, 5.74) is -0.0457. The second-order valence-electron chi connectivity index (χ2n) is 7.96. The Morgan fingerprint density at radius 1 is 1.06 bits per heavy atom. The van der Waals surface area contributed by atoms with Crippen molar-refractivity contribution in [3.63, 3.8) is 0 Å². The Kier molecular flexibility index (Phi) is 5.38. The summed E-state index contributed by atoms with van der Waals surface area (Å²) in [6, 6.07) is 22.8. The van der Waals surface area contributed by atoms with Gasteiger partial charge in [-0.05, 0) is 28.8 Å². The summed E-state index contributed by atoms with van der Waals surface area (Å²) in [5, 5.41) is 13.6. The van der Waals surface area contributed by atoms with Gasteiger partial charge >= 0.3 is 5.97 Å². The Hall–Kier alpha value is -3.44. The summed E-state index contributed by atoms with van der Waals surface area (Å²) >= 11 is 0. The number of amides is 1. The number of methoxy groups -OCH3 is 1. The number of esters is 1. The third kappa shape index (κ3) is 3.41. The molecule has 3 atom stereocenters. The van der Waals surface area contributed by atoms with Crippen molar-refractivity contribution >= 4 is 22.6 Å². The Labute approximate surface area is 181 Å². The van der Waals surface area contributed by atoms with Crippen molar-refractivity contribution in [2.24, 2.45) is 0 Å². The number of β-amino-alcohol motifs (C(OH)–C–C–N with tert-alkyl or cyclic N) is 1. The van der Waals surface area contributed by atoms with Crippen LogP contribution in [-0.2, 0) is 14.3 Å².